The predicted molar refractivity (Wildman–Crippen MR) is 145 cm³/mol. The van der Waals surface area contributed by atoms with E-state index in [1.165, 1.54) is 0 Å². The van der Waals surface area contributed by atoms with Crippen LogP contribution in [0.1, 0.15) is 57.9 Å². The number of aromatic nitrogens is 1. The zero-order valence-corrected chi connectivity index (χ0v) is 23.4. The Hall–Kier alpha value is -2.83. The molecule has 1 aliphatic carbocycles. The molecule has 2 fully saturated rings. The number of carbonyl (C=O) groups is 2. The lowest BCUT2D eigenvalue weighted by molar-refractivity contribution is -0.127. The van der Waals surface area contributed by atoms with Gasteiger partial charge in [0.1, 0.15) is 36.2 Å². The number of carbonyl (C=O) groups excluding carboxylic acids is 2. The average Bonchev–Trinajstić information content (AvgIpc) is 3.23. The summed E-state index contributed by atoms with van der Waals surface area (Å²) < 4.78 is 34.5. The van der Waals surface area contributed by atoms with Crippen LogP contribution in [0.4, 0.5) is 5.82 Å². The van der Waals surface area contributed by atoms with Crippen molar-refractivity contribution in [3.63, 3.8) is 0 Å². The molecule has 11 nitrogen and oxygen atoms in total. The number of benzene rings is 1. The molecule has 3 atom stereocenters. The monoisotopic (exact) mass is 563 g/mol. The smallest absolute Gasteiger partial charge is 0.408 e. The summed E-state index contributed by atoms with van der Waals surface area (Å²) in [5.41, 5.74) is 0.667. The van der Waals surface area contributed by atoms with Gasteiger partial charge in [-0.15, -0.1) is 0 Å². The second kappa shape index (κ2) is 11.7. The minimum atomic E-state index is -3.42. The number of hydrogen-bond donors (Lipinski definition) is 3. The first-order valence-electron chi connectivity index (χ1n) is 13.3. The number of nitrogens with zero attached hydrogens (tertiary/aromatic N) is 1. The molecule has 2 heterocycles. The minimum absolute atomic E-state index is 0.0840. The maximum atomic E-state index is 13.6. The van der Waals surface area contributed by atoms with Crippen LogP contribution in [-0.2, 0) is 29.9 Å². The fourth-order valence-electron chi connectivity index (χ4n) is 5.52. The summed E-state index contributed by atoms with van der Waals surface area (Å²) in [4.78, 5) is 42.3. The third-order valence-electron chi connectivity index (χ3n) is 8.16. The van der Waals surface area contributed by atoms with Crippen molar-refractivity contribution >= 4 is 38.3 Å². The summed E-state index contributed by atoms with van der Waals surface area (Å²) in [5.74, 6) is -1.74. The topological polar surface area (TPSA) is 165 Å². The fraction of sp³-hybridized carbons (Fsp3) is 0.630. The van der Waals surface area contributed by atoms with E-state index in [2.05, 4.69) is 29.5 Å². The van der Waals surface area contributed by atoms with Gasteiger partial charge in [-0.1, -0.05) is 32.4 Å². The molecule has 0 bridgehead atoms. The number of hydrogen-bond acceptors (Lipinski definition) is 10. The van der Waals surface area contributed by atoms with Crippen LogP contribution in [0.5, 0.6) is 0 Å². The highest BCUT2D eigenvalue weighted by Gasteiger charge is 2.39. The standard InChI is InChI=1S/C27H37N3O8S/c1-4-27(2)10-8-16(9-11-27)12-19(25(33)29-22-20(32)14-37-21(22)13-31)28-24-18-7-5-6-17(15-39(3,35)36)23(18)38-26(34)30-24/h5-7,16,19,21-22,31H,4,8-15H2,1-3H3,(H,29,33)(H,28,30,34). The number of ether oxygens (including phenoxy) is 1. The van der Waals surface area contributed by atoms with Gasteiger partial charge in [0.2, 0.25) is 5.91 Å². The second-order valence-corrected chi connectivity index (χ2v) is 13.4. The van der Waals surface area contributed by atoms with E-state index in [-0.39, 0.29) is 40.9 Å². The lowest BCUT2D eigenvalue weighted by Gasteiger charge is -2.38. The number of aliphatic hydroxyl groups is 1. The molecule has 12 heteroatoms. The van der Waals surface area contributed by atoms with Gasteiger partial charge in [0.05, 0.1) is 17.7 Å². The maximum Gasteiger partial charge on any atom is 0.441 e. The summed E-state index contributed by atoms with van der Waals surface area (Å²) in [6, 6.07) is 3.00. The first-order chi connectivity index (χ1) is 18.4. The van der Waals surface area contributed by atoms with Gasteiger partial charge in [0.25, 0.3) is 0 Å². The zero-order valence-electron chi connectivity index (χ0n) is 22.6. The number of aliphatic hydroxyl groups excluding tert-OH is 1. The van der Waals surface area contributed by atoms with Crippen LogP contribution < -0.4 is 16.4 Å². The van der Waals surface area contributed by atoms with Crippen molar-refractivity contribution in [2.75, 3.05) is 24.8 Å². The number of amides is 1. The van der Waals surface area contributed by atoms with E-state index in [0.717, 1.165) is 38.4 Å². The Morgan fingerprint density at radius 2 is 1.97 bits per heavy atom. The highest BCUT2D eigenvalue weighted by Crippen LogP contribution is 2.42. The van der Waals surface area contributed by atoms with E-state index in [0.29, 0.717) is 17.4 Å². The van der Waals surface area contributed by atoms with Crippen molar-refractivity contribution in [3.8, 4) is 0 Å². The summed E-state index contributed by atoms with van der Waals surface area (Å²) in [6.07, 6.45) is 5.72. The second-order valence-electron chi connectivity index (χ2n) is 11.2. The first kappa shape index (κ1) is 29.2. The number of nitrogens with one attached hydrogen (secondary N) is 2. The molecule has 1 saturated heterocycles. The highest BCUT2D eigenvalue weighted by atomic mass is 32.2. The predicted octanol–water partition coefficient (Wildman–Crippen LogP) is 1.95. The average molecular weight is 564 g/mol. The van der Waals surface area contributed by atoms with Gasteiger partial charge >= 0.3 is 5.76 Å². The van der Waals surface area contributed by atoms with Crippen molar-refractivity contribution in [3.05, 3.63) is 34.3 Å². The Labute approximate surface area is 227 Å². The number of Topliss-reactive ketones (excluding diaryl/α,β-unsaturated/α-hetero) is 1. The molecule has 39 heavy (non-hydrogen) atoms. The Kier molecular flexibility index (Phi) is 8.77. The van der Waals surface area contributed by atoms with Gasteiger partial charge in [-0.05, 0) is 49.5 Å². The van der Waals surface area contributed by atoms with E-state index in [4.69, 9.17) is 9.15 Å². The van der Waals surface area contributed by atoms with Crippen LogP contribution in [0.2, 0.25) is 0 Å². The van der Waals surface area contributed by atoms with Crippen molar-refractivity contribution in [2.45, 2.75) is 76.3 Å². The van der Waals surface area contributed by atoms with Gasteiger partial charge < -0.3 is 24.9 Å². The summed E-state index contributed by atoms with van der Waals surface area (Å²) in [5, 5.41) is 15.8. The van der Waals surface area contributed by atoms with Crippen LogP contribution in [0, 0.1) is 11.3 Å². The molecule has 3 N–H and O–H groups in total. The Morgan fingerprint density at radius 1 is 1.26 bits per heavy atom. The van der Waals surface area contributed by atoms with E-state index in [1.54, 1.807) is 18.2 Å². The van der Waals surface area contributed by atoms with Crippen LogP contribution in [-0.4, -0.2) is 67.9 Å². The van der Waals surface area contributed by atoms with Crippen LogP contribution in [0.3, 0.4) is 0 Å². The maximum absolute atomic E-state index is 13.6. The molecular formula is C27H37N3O8S. The van der Waals surface area contributed by atoms with E-state index in [1.807, 2.05) is 0 Å². The molecule has 2 aromatic rings. The third-order valence-corrected chi connectivity index (χ3v) is 9.00. The molecule has 1 aromatic carbocycles. The molecule has 1 amide bonds. The molecule has 0 radical (unpaired) electrons. The van der Waals surface area contributed by atoms with Crippen molar-refractivity contribution in [2.24, 2.45) is 11.3 Å². The van der Waals surface area contributed by atoms with E-state index in [9.17, 15) is 27.9 Å². The molecule has 3 unspecified atom stereocenters. The molecule has 1 aromatic heterocycles. The Bertz CT molecular complexity index is 1380. The number of anilines is 1. The number of rotatable bonds is 10. The van der Waals surface area contributed by atoms with Gasteiger partial charge in [-0.25, -0.2) is 13.2 Å². The van der Waals surface area contributed by atoms with Crippen molar-refractivity contribution < 1.29 is 32.3 Å². The molecule has 1 saturated carbocycles. The molecule has 1 aliphatic heterocycles. The van der Waals surface area contributed by atoms with Gasteiger partial charge in [-0.2, -0.15) is 4.98 Å². The molecule has 0 spiro atoms. The van der Waals surface area contributed by atoms with Crippen molar-refractivity contribution in [1.82, 2.24) is 10.3 Å². The largest absolute Gasteiger partial charge is 0.441 e. The minimum Gasteiger partial charge on any atom is -0.408 e. The third kappa shape index (κ3) is 7.03. The normalized spacial score (nSPS) is 26.5. The summed E-state index contributed by atoms with van der Waals surface area (Å²) in [7, 11) is -3.42. The first-order valence-corrected chi connectivity index (χ1v) is 15.4. The quantitative estimate of drug-likeness (QED) is 0.389. The number of fused-ring (bicyclic) bond motifs is 1. The Balaban J connectivity index is 1.65. The van der Waals surface area contributed by atoms with E-state index < -0.39 is 46.3 Å². The number of para-hydroxylation sites is 1. The molecular weight excluding hydrogens is 526 g/mol. The van der Waals surface area contributed by atoms with Gasteiger partial charge in [0, 0.05) is 11.8 Å². The number of sulfone groups is 1. The SMILES string of the molecule is CCC1(C)CCC(CC(Nc2nc(=O)oc3c(CS(C)(=O)=O)cccc23)C(=O)NC2C(=O)COC2CO)CC1. The van der Waals surface area contributed by atoms with E-state index >= 15 is 0 Å². The summed E-state index contributed by atoms with van der Waals surface area (Å²) >= 11 is 0. The van der Waals surface area contributed by atoms with Crippen LogP contribution in [0.25, 0.3) is 11.0 Å². The molecule has 214 valence electrons. The van der Waals surface area contributed by atoms with Crippen LogP contribution in [0.15, 0.2) is 27.4 Å². The molecule has 4 rings (SSSR count). The fourth-order valence-corrected chi connectivity index (χ4v) is 6.31. The lowest BCUT2D eigenvalue weighted by Crippen LogP contribution is -2.51. The van der Waals surface area contributed by atoms with Gasteiger partial charge in [0.15, 0.2) is 15.6 Å². The van der Waals surface area contributed by atoms with Crippen molar-refractivity contribution in [1.29, 1.82) is 0 Å². The highest BCUT2D eigenvalue weighted by molar-refractivity contribution is 7.89. The molecule has 2 aliphatic rings. The number of ketones is 1. The Morgan fingerprint density at radius 3 is 2.62 bits per heavy atom. The zero-order chi connectivity index (χ0) is 28.4. The lowest BCUT2D eigenvalue weighted by atomic mass is 9.69. The van der Waals surface area contributed by atoms with Gasteiger partial charge in [-0.3, -0.25) is 9.59 Å². The van der Waals surface area contributed by atoms with Crippen LogP contribution >= 0.6 is 0 Å². The summed E-state index contributed by atoms with van der Waals surface area (Å²) in [6.45, 7) is 3.86.